The summed E-state index contributed by atoms with van der Waals surface area (Å²) >= 11 is 1.58. The van der Waals surface area contributed by atoms with Crippen LogP contribution >= 0.6 is 11.3 Å². The van der Waals surface area contributed by atoms with Gasteiger partial charge in [0.05, 0.1) is 23.8 Å². The highest BCUT2D eigenvalue weighted by Gasteiger charge is 2.24. The van der Waals surface area contributed by atoms with Crippen molar-refractivity contribution >= 4 is 40.6 Å². The summed E-state index contributed by atoms with van der Waals surface area (Å²) in [5.74, 6) is 0.0517. The molecule has 0 radical (unpaired) electrons. The average Bonchev–Trinajstić information content (AvgIpc) is 3.87. The molecule has 11 heteroatoms. The van der Waals surface area contributed by atoms with E-state index in [0.717, 1.165) is 59.7 Å². The van der Waals surface area contributed by atoms with Crippen molar-refractivity contribution in [2.45, 2.75) is 57.8 Å². The fraction of sp³-hybridized carbons (Fsp3) is 0.390. The summed E-state index contributed by atoms with van der Waals surface area (Å²) < 4.78 is 16.7. The number of aryl methyl sites for hydroxylation is 1. The Balaban J connectivity index is 0.000000942. The molecule has 0 bridgehead atoms. The van der Waals surface area contributed by atoms with Gasteiger partial charge in [0.2, 0.25) is 11.8 Å². The van der Waals surface area contributed by atoms with Gasteiger partial charge in [-0.1, -0.05) is 78.4 Å². The topological polar surface area (TPSA) is 109 Å². The number of unbranched alkanes of at least 4 members (excludes halogenated alkanes) is 1. The number of anilines is 2. The van der Waals surface area contributed by atoms with E-state index in [1.807, 2.05) is 91.3 Å². The number of hydrogen-bond acceptors (Lipinski definition) is 8. The fourth-order valence-corrected chi connectivity index (χ4v) is 6.86. The molecule has 1 aromatic heterocycles. The first-order valence-electron chi connectivity index (χ1n) is 18.1. The van der Waals surface area contributed by atoms with Crippen molar-refractivity contribution in [3.63, 3.8) is 0 Å². The smallest absolute Gasteiger partial charge is 0.411 e. The molecule has 6 rings (SSSR count). The third-order valence-corrected chi connectivity index (χ3v) is 9.95. The zero-order valence-electron chi connectivity index (χ0n) is 30.1. The number of benzene rings is 3. The largest absolute Gasteiger partial charge is 0.446 e. The SMILES string of the molecule is CN(CCCCC(=O)Nc1ccc(C2OCCO2)cc1)C(=O)CCN1CCC(OC(=O)Nc2ccsc2-c2ccccc2)CC1.Cc1ccccc1.[HH].[HH].[HH]. The zero-order valence-corrected chi connectivity index (χ0v) is 30.9. The molecule has 3 amide bonds. The second kappa shape index (κ2) is 20.5. The number of thiophene rings is 1. The third-order valence-electron chi connectivity index (χ3n) is 8.99. The molecule has 3 aromatic carbocycles. The van der Waals surface area contributed by atoms with E-state index in [9.17, 15) is 14.4 Å². The first-order chi connectivity index (χ1) is 25.3. The molecule has 4 aromatic rings. The molecule has 2 N–H and O–H groups in total. The summed E-state index contributed by atoms with van der Waals surface area (Å²) in [6, 6.07) is 29.6. The molecule has 0 spiro atoms. The van der Waals surface area contributed by atoms with Gasteiger partial charge < -0.3 is 29.3 Å². The van der Waals surface area contributed by atoms with E-state index in [0.29, 0.717) is 45.6 Å². The van der Waals surface area contributed by atoms with Gasteiger partial charge in [0.15, 0.2) is 6.29 Å². The van der Waals surface area contributed by atoms with Crippen molar-refractivity contribution in [1.29, 1.82) is 0 Å². The average molecular weight is 733 g/mol. The predicted molar refractivity (Wildman–Crippen MR) is 213 cm³/mol. The minimum atomic E-state index is -0.433. The van der Waals surface area contributed by atoms with Gasteiger partial charge in [-0.25, -0.2) is 4.79 Å². The van der Waals surface area contributed by atoms with Crippen molar-refractivity contribution in [1.82, 2.24) is 9.80 Å². The quantitative estimate of drug-likeness (QED) is 0.132. The fourth-order valence-electron chi connectivity index (χ4n) is 6.00. The maximum absolute atomic E-state index is 12.7. The molecule has 0 aliphatic carbocycles. The van der Waals surface area contributed by atoms with Gasteiger partial charge in [-0.05, 0) is 61.7 Å². The number of nitrogens with one attached hydrogen (secondary N) is 2. The maximum Gasteiger partial charge on any atom is 0.411 e. The number of likely N-dealkylation sites (tertiary alicyclic amines) is 1. The molecule has 282 valence electrons. The molecule has 2 saturated heterocycles. The highest BCUT2D eigenvalue weighted by atomic mass is 32.1. The van der Waals surface area contributed by atoms with E-state index < -0.39 is 6.09 Å². The molecule has 52 heavy (non-hydrogen) atoms. The number of nitrogens with zero attached hydrogens (tertiary/aromatic N) is 2. The van der Waals surface area contributed by atoms with E-state index >= 15 is 0 Å². The number of amides is 3. The van der Waals surface area contributed by atoms with E-state index in [1.54, 1.807) is 16.2 Å². The van der Waals surface area contributed by atoms with Crippen LogP contribution in [-0.4, -0.2) is 80.3 Å². The minimum absolute atomic E-state index is 0. The highest BCUT2D eigenvalue weighted by Crippen LogP contribution is 2.33. The Kier molecular flexibility index (Phi) is 15.2. The Morgan fingerprint density at radius 2 is 1.54 bits per heavy atom. The Morgan fingerprint density at radius 1 is 0.865 bits per heavy atom. The second-order valence-electron chi connectivity index (χ2n) is 13.0. The lowest BCUT2D eigenvalue weighted by molar-refractivity contribution is -0.130. The van der Waals surface area contributed by atoms with E-state index in [1.165, 1.54) is 5.56 Å². The van der Waals surface area contributed by atoms with Gasteiger partial charge in [0.25, 0.3) is 0 Å². The standard InChI is InChI=1S/C34H42N4O6S.C7H8.3H2/c1-37(18-6-5-9-30(39)35-27-12-10-26(11-13-27)33-42-22-23-43-33)31(40)16-21-38-19-14-28(15-20-38)44-34(41)36-29-17-24-45-32(29)25-7-3-2-4-8-25;1-7-5-3-2-4-6-7;;;/h2-4,7-8,10-13,17,24,28,33H,5-6,9,14-16,18-23H2,1H3,(H,35,39)(H,36,41);2-6H,1H3;3*1H. The lowest BCUT2D eigenvalue weighted by atomic mass is 10.1. The number of rotatable bonds is 13. The molecule has 10 nitrogen and oxygen atoms in total. The summed E-state index contributed by atoms with van der Waals surface area (Å²) in [5, 5.41) is 7.78. The predicted octanol–water partition coefficient (Wildman–Crippen LogP) is 8.86. The van der Waals surface area contributed by atoms with Gasteiger partial charge in [-0.15, -0.1) is 11.3 Å². The first kappa shape index (κ1) is 38.7. The molecular weight excluding hydrogens is 677 g/mol. The number of piperidine rings is 1. The molecule has 3 heterocycles. The van der Waals surface area contributed by atoms with Gasteiger partial charge in [0.1, 0.15) is 6.10 Å². The number of hydrogen-bond donors (Lipinski definition) is 2. The van der Waals surface area contributed by atoms with Crippen LogP contribution in [0.1, 0.15) is 60.2 Å². The van der Waals surface area contributed by atoms with Gasteiger partial charge >= 0.3 is 6.09 Å². The molecule has 2 fully saturated rings. The first-order valence-corrected chi connectivity index (χ1v) is 18.9. The zero-order chi connectivity index (χ0) is 36.5. The van der Waals surface area contributed by atoms with E-state index in [2.05, 4.69) is 34.6 Å². The lowest BCUT2D eigenvalue weighted by Crippen LogP contribution is -2.40. The van der Waals surface area contributed by atoms with E-state index in [4.69, 9.17) is 14.2 Å². The number of carbonyl (C=O) groups is 3. The van der Waals surface area contributed by atoms with Crippen LogP contribution < -0.4 is 10.6 Å². The maximum atomic E-state index is 12.7. The van der Waals surface area contributed by atoms with Gasteiger partial charge in [-0.3, -0.25) is 14.9 Å². The van der Waals surface area contributed by atoms with Crippen LogP contribution in [0.2, 0.25) is 0 Å². The van der Waals surface area contributed by atoms with Gasteiger partial charge in [-0.2, -0.15) is 0 Å². The van der Waals surface area contributed by atoms with Gasteiger partial charge in [0, 0.05) is 61.6 Å². The Morgan fingerprint density at radius 3 is 2.19 bits per heavy atom. The van der Waals surface area contributed by atoms with Crippen LogP contribution in [0.4, 0.5) is 16.2 Å². The summed E-state index contributed by atoms with van der Waals surface area (Å²) in [4.78, 5) is 42.6. The monoisotopic (exact) mass is 732 g/mol. The molecule has 2 aliphatic heterocycles. The third kappa shape index (κ3) is 12.6. The molecule has 0 unspecified atom stereocenters. The number of carbonyl (C=O) groups excluding carboxylic acids is 3. The Bertz CT molecular complexity index is 1690. The molecule has 0 saturated carbocycles. The second-order valence-corrected chi connectivity index (χ2v) is 13.9. The summed E-state index contributed by atoms with van der Waals surface area (Å²) in [6.45, 7) is 6.12. The number of ether oxygens (including phenoxy) is 3. The highest BCUT2D eigenvalue weighted by molar-refractivity contribution is 7.14. The summed E-state index contributed by atoms with van der Waals surface area (Å²) in [5.41, 5.74) is 4.81. The Hall–Kier alpha value is -4.55. The van der Waals surface area contributed by atoms with E-state index in [-0.39, 0.29) is 28.5 Å². The molecular formula is C41H56N4O6S. The normalized spacial score (nSPS) is 15.0. The summed E-state index contributed by atoms with van der Waals surface area (Å²) in [7, 11) is 1.82. The van der Waals surface area contributed by atoms with Crippen LogP contribution in [0, 0.1) is 6.92 Å². The van der Waals surface area contributed by atoms with Crippen molar-refractivity contribution in [2.24, 2.45) is 0 Å². The minimum Gasteiger partial charge on any atom is -0.446 e. The Labute approximate surface area is 315 Å². The van der Waals surface area contributed by atoms with Crippen LogP contribution in [0.3, 0.4) is 0 Å². The van der Waals surface area contributed by atoms with Crippen LogP contribution in [0.25, 0.3) is 10.4 Å². The summed E-state index contributed by atoms with van der Waals surface area (Å²) in [6.07, 6.45) is 2.87. The van der Waals surface area contributed by atoms with Crippen molar-refractivity contribution in [3.8, 4) is 10.4 Å². The van der Waals surface area contributed by atoms with Crippen molar-refractivity contribution in [2.75, 3.05) is 57.1 Å². The van der Waals surface area contributed by atoms with Crippen molar-refractivity contribution in [3.05, 3.63) is 108 Å². The van der Waals surface area contributed by atoms with Crippen LogP contribution in [0.5, 0.6) is 0 Å². The molecule has 0 atom stereocenters. The lowest BCUT2D eigenvalue weighted by Gasteiger charge is -2.31. The van der Waals surface area contributed by atoms with Crippen LogP contribution in [0.15, 0.2) is 96.4 Å². The van der Waals surface area contributed by atoms with Crippen LogP contribution in [-0.2, 0) is 23.8 Å². The van der Waals surface area contributed by atoms with Crippen molar-refractivity contribution < 1.29 is 32.9 Å². The molecule has 2 aliphatic rings.